The van der Waals surface area contributed by atoms with E-state index in [1.54, 1.807) is 6.20 Å². The van der Waals surface area contributed by atoms with E-state index in [2.05, 4.69) is 17.1 Å². The van der Waals surface area contributed by atoms with Crippen LogP contribution in [0.5, 0.6) is 0 Å². The van der Waals surface area contributed by atoms with Gasteiger partial charge in [0.2, 0.25) is 0 Å². The third-order valence-electron chi connectivity index (χ3n) is 5.43. The van der Waals surface area contributed by atoms with Crippen molar-refractivity contribution in [3.05, 3.63) is 76.6 Å². The highest BCUT2D eigenvalue weighted by atomic mass is 35.5. The molecule has 4 aromatic rings. The Morgan fingerprint density at radius 2 is 1.96 bits per heavy atom. The zero-order valence-corrected chi connectivity index (χ0v) is 16.2. The average Bonchev–Trinajstić information content (AvgIpc) is 3.28. The van der Waals surface area contributed by atoms with Crippen LogP contribution in [0.3, 0.4) is 0 Å². The molecular weight excluding hydrogens is 372 g/mol. The Morgan fingerprint density at radius 1 is 1.14 bits per heavy atom. The Kier molecular flexibility index (Phi) is 3.98. The maximum absolute atomic E-state index is 13.2. The third kappa shape index (κ3) is 2.62. The van der Waals surface area contributed by atoms with Gasteiger partial charge >= 0.3 is 0 Å². The molecule has 5 nitrogen and oxygen atoms in total. The van der Waals surface area contributed by atoms with Crippen molar-refractivity contribution in [3.8, 4) is 11.3 Å². The van der Waals surface area contributed by atoms with Crippen LogP contribution in [0.1, 0.15) is 21.6 Å². The lowest BCUT2D eigenvalue weighted by Crippen LogP contribution is -2.35. The number of nitrogens with zero attached hydrogens (tertiary/aromatic N) is 3. The van der Waals surface area contributed by atoms with E-state index >= 15 is 0 Å². The van der Waals surface area contributed by atoms with E-state index in [-0.39, 0.29) is 5.91 Å². The number of aromatic nitrogens is 3. The van der Waals surface area contributed by atoms with Crippen molar-refractivity contribution in [2.75, 3.05) is 6.54 Å². The molecule has 2 aromatic carbocycles. The van der Waals surface area contributed by atoms with Gasteiger partial charge in [-0.25, -0.2) is 0 Å². The fourth-order valence-electron chi connectivity index (χ4n) is 4.11. The summed E-state index contributed by atoms with van der Waals surface area (Å²) in [6.07, 6.45) is 2.55. The van der Waals surface area contributed by atoms with Crippen molar-refractivity contribution >= 4 is 28.4 Å². The molecule has 28 heavy (non-hydrogen) atoms. The summed E-state index contributed by atoms with van der Waals surface area (Å²) in [6, 6.07) is 15.9. The second-order valence-electron chi connectivity index (χ2n) is 7.10. The molecule has 0 spiro atoms. The number of H-pyrrole nitrogens is 1. The number of halogens is 1. The zero-order chi connectivity index (χ0) is 19.3. The number of carbonyl (C=O) groups excluding carboxylic acids is 1. The van der Waals surface area contributed by atoms with Gasteiger partial charge in [0.25, 0.3) is 5.91 Å². The minimum atomic E-state index is 0.00563. The number of benzene rings is 2. The minimum Gasteiger partial charge on any atom is -0.359 e. The Hall–Kier alpha value is -3.05. The van der Waals surface area contributed by atoms with Crippen LogP contribution >= 0.6 is 11.6 Å². The van der Waals surface area contributed by atoms with Crippen molar-refractivity contribution in [3.63, 3.8) is 0 Å². The molecular formula is C22H19ClN4O. The fraction of sp³-hybridized carbons (Fsp3) is 0.182. The maximum Gasteiger partial charge on any atom is 0.256 e. The van der Waals surface area contributed by atoms with Crippen LogP contribution in [0.15, 0.2) is 54.7 Å². The van der Waals surface area contributed by atoms with Gasteiger partial charge in [0.05, 0.1) is 34.0 Å². The van der Waals surface area contributed by atoms with Gasteiger partial charge in [-0.1, -0.05) is 54.1 Å². The standard InChI is InChI=1S/C22H19ClN4O/c1-26-21(14-6-3-2-4-7-14)16-10-11-27(13-19(16)25-26)22(28)17-12-24-20-15(17)8-5-9-18(20)23/h2-9,12,24H,10-11,13H2,1H3. The molecule has 0 atom stereocenters. The lowest BCUT2D eigenvalue weighted by Gasteiger charge is -2.26. The van der Waals surface area contributed by atoms with Crippen LogP contribution in [0, 0.1) is 0 Å². The first-order valence-electron chi connectivity index (χ1n) is 9.28. The number of para-hydroxylation sites is 1. The molecule has 1 aliphatic heterocycles. The van der Waals surface area contributed by atoms with E-state index in [9.17, 15) is 4.79 Å². The molecule has 0 saturated heterocycles. The van der Waals surface area contributed by atoms with Crippen LogP contribution < -0.4 is 0 Å². The SMILES string of the molecule is Cn1nc2c(c1-c1ccccc1)CCN(C(=O)c1c[nH]c3c(Cl)cccc13)C2. The smallest absolute Gasteiger partial charge is 0.256 e. The van der Waals surface area contributed by atoms with Crippen LogP contribution in [0.25, 0.3) is 22.2 Å². The minimum absolute atomic E-state index is 0.00563. The molecule has 2 aromatic heterocycles. The van der Waals surface area contributed by atoms with Crippen molar-refractivity contribution in [1.29, 1.82) is 0 Å². The molecule has 1 N–H and O–H groups in total. The Bertz CT molecular complexity index is 1190. The highest BCUT2D eigenvalue weighted by Crippen LogP contribution is 2.31. The van der Waals surface area contributed by atoms with Gasteiger partial charge in [0, 0.05) is 36.3 Å². The van der Waals surface area contributed by atoms with E-state index in [1.165, 1.54) is 5.56 Å². The molecule has 0 saturated carbocycles. The molecule has 1 amide bonds. The number of carbonyl (C=O) groups is 1. The zero-order valence-electron chi connectivity index (χ0n) is 15.4. The summed E-state index contributed by atoms with van der Waals surface area (Å²) in [6.45, 7) is 1.19. The molecule has 140 valence electrons. The summed E-state index contributed by atoms with van der Waals surface area (Å²) in [5.74, 6) is 0.00563. The van der Waals surface area contributed by atoms with Gasteiger partial charge in [-0.2, -0.15) is 5.10 Å². The first kappa shape index (κ1) is 17.1. The number of amides is 1. The van der Waals surface area contributed by atoms with Gasteiger partial charge in [0.15, 0.2) is 0 Å². The van der Waals surface area contributed by atoms with Crippen LogP contribution in [0.4, 0.5) is 0 Å². The summed E-state index contributed by atoms with van der Waals surface area (Å²) in [7, 11) is 1.97. The highest BCUT2D eigenvalue weighted by Gasteiger charge is 2.28. The maximum atomic E-state index is 13.2. The molecule has 5 rings (SSSR count). The summed E-state index contributed by atoms with van der Waals surface area (Å²) in [4.78, 5) is 18.2. The molecule has 0 fully saturated rings. The number of hydrogen-bond donors (Lipinski definition) is 1. The predicted octanol–water partition coefficient (Wildman–Crippen LogP) is 4.42. The molecule has 0 radical (unpaired) electrons. The first-order valence-corrected chi connectivity index (χ1v) is 9.66. The quantitative estimate of drug-likeness (QED) is 0.550. The normalized spacial score (nSPS) is 13.7. The van der Waals surface area contributed by atoms with E-state index in [0.29, 0.717) is 23.7 Å². The predicted molar refractivity (Wildman–Crippen MR) is 110 cm³/mol. The second-order valence-corrected chi connectivity index (χ2v) is 7.51. The largest absolute Gasteiger partial charge is 0.359 e. The molecule has 3 heterocycles. The van der Waals surface area contributed by atoms with Crippen molar-refractivity contribution in [1.82, 2.24) is 19.7 Å². The van der Waals surface area contributed by atoms with Gasteiger partial charge in [0.1, 0.15) is 0 Å². The Balaban J connectivity index is 1.48. The van der Waals surface area contributed by atoms with E-state index in [1.807, 2.05) is 53.0 Å². The summed E-state index contributed by atoms with van der Waals surface area (Å²) in [5, 5.41) is 6.19. The number of aryl methyl sites for hydroxylation is 1. The van der Waals surface area contributed by atoms with Gasteiger partial charge < -0.3 is 9.88 Å². The summed E-state index contributed by atoms with van der Waals surface area (Å²) >= 11 is 6.24. The van der Waals surface area contributed by atoms with Crippen LogP contribution in [-0.4, -0.2) is 32.1 Å². The number of hydrogen-bond acceptors (Lipinski definition) is 2. The second kappa shape index (κ2) is 6.53. The van der Waals surface area contributed by atoms with Crippen molar-refractivity contribution in [2.45, 2.75) is 13.0 Å². The van der Waals surface area contributed by atoms with Crippen LogP contribution in [0.2, 0.25) is 5.02 Å². The van der Waals surface area contributed by atoms with Crippen molar-refractivity contribution in [2.24, 2.45) is 7.05 Å². The average molecular weight is 391 g/mol. The molecule has 0 aliphatic carbocycles. The molecule has 1 aliphatic rings. The fourth-order valence-corrected chi connectivity index (χ4v) is 4.34. The van der Waals surface area contributed by atoms with E-state index in [0.717, 1.165) is 34.3 Å². The van der Waals surface area contributed by atoms with E-state index in [4.69, 9.17) is 16.7 Å². The van der Waals surface area contributed by atoms with E-state index < -0.39 is 0 Å². The highest BCUT2D eigenvalue weighted by molar-refractivity contribution is 6.35. The number of nitrogens with one attached hydrogen (secondary N) is 1. The van der Waals surface area contributed by atoms with Gasteiger partial charge in [-0.15, -0.1) is 0 Å². The number of fused-ring (bicyclic) bond motifs is 2. The van der Waals surface area contributed by atoms with Gasteiger partial charge in [-0.05, 0) is 12.5 Å². The van der Waals surface area contributed by atoms with Crippen molar-refractivity contribution < 1.29 is 4.79 Å². The first-order chi connectivity index (χ1) is 13.6. The topological polar surface area (TPSA) is 53.9 Å². The lowest BCUT2D eigenvalue weighted by molar-refractivity contribution is 0.0734. The van der Waals surface area contributed by atoms with Crippen LogP contribution in [-0.2, 0) is 20.0 Å². The Morgan fingerprint density at radius 3 is 2.79 bits per heavy atom. The number of rotatable bonds is 2. The molecule has 0 unspecified atom stereocenters. The number of aromatic amines is 1. The molecule has 6 heteroatoms. The van der Waals surface area contributed by atoms with Gasteiger partial charge in [-0.3, -0.25) is 9.48 Å². The monoisotopic (exact) mass is 390 g/mol. The summed E-state index contributed by atoms with van der Waals surface area (Å²) in [5.41, 5.74) is 5.96. The Labute approximate surface area is 167 Å². The molecule has 0 bridgehead atoms. The third-order valence-corrected chi connectivity index (χ3v) is 5.75. The summed E-state index contributed by atoms with van der Waals surface area (Å²) < 4.78 is 1.93. The lowest BCUT2D eigenvalue weighted by atomic mass is 9.99.